The summed E-state index contributed by atoms with van der Waals surface area (Å²) in [6, 6.07) is 10.1. The molecular formula is C15H22N2O2. The first-order chi connectivity index (χ1) is 9.31. The number of rotatable bonds is 5. The van der Waals surface area contributed by atoms with E-state index in [1.54, 1.807) is 0 Å². The third kappa shape index (κ3) is 4.04. The van der Waals surface area contributed by atoms with Gasteiger partial charge in [-0.25, -0.2) is 0 Å². The molecule has 1 aromatic rings. The molecule has 1 saturated heterocycles. The van der Waals surface area contributed by atoms with Crippen molar-refractivity contribution in [2.45, 2.75) is 19.4 Å². The number of nitrogens with zero attached hydrogens (tertiary/aromatic N) is 1. The Bertz CT molecular complexity index is 394. The lowest BCUT2D eigenvalue weighted by atomic mass is 10.1. The second kappa shape index (κ2) is 7.26. The molecule has 0 saturated carbocycles. The van der Waals surface area contributed by atoms with Crippen LogP contribution in [0, 0.1) is 0 Å². The molecule has 1 aliphatic rings. The van der Waals surface area contributed by atoms with Gasteiger partial charge in [-0.1, -0.05) is 37.3 Å². The van der Waals surface area contributed by atoms with Gasteiger partial charge in [0.1, 0.15) is 6.10 Å². The quantitative estimate of drug-likeness (QED) is 0.819. The molecule has 1 unspecified atom stereocenters. The summed E-state index contributed by atoms with van der Waals surface area (Å²) in [5, 5.41) is 3.15. The summed E-state index contributed by atoms with van der Waals surface area (Å²) in [6.07, 6.45) is 1.05. The van der Waals surface area contributed by atoms with Crippen molar-refractivity contribution in [1.82, 2.24) is 10.2 Å². The fourth-order valence-electron chi connectivity index (χ4n) is 2.23. The molecule has 1 amide bonds. The van der Waals surface area contributed by atoms with E-state index in [1.807, 2.05) is 35.2 Å². The maximum Gasteiger partial charge on any atom is 0.236 e. The van der Waals surface area contributed by atoms with Gasteiger partial charge in [0.15, 0.2) is 0 Å². The number of morpholine rings is 1. The van der Waals surface area contributed by atoms with Crippen molar-refractivity contribution >= 4 is 5.91 Å². The molecule has 1 heterocycles. The molecule has 2 rings (SSSR count). The molecule has 1 atom stereocenters. The smallest absolute Gasteiger partial charge is 0.236 e. The molecule has 0 aliphatic carbocycles. The van der Waals surface area contributed by atoms with Crippen molar-refractivity contribution in [1.29, 1.82) is 0 Å². The molecule has 1 aliphatic heterocycles. The molecule has 1 aromatic carbocycles. The predicted octanol–water partition coefficient (Wildman–Crippen LogP) is 1.59. The standard InChI is InChI=1S/C15H22N2O2/c1-2-8-16-11-15(18)17-9-10-19-14(12-17)13-6-4-3-5-7-13/h3-7,14,16H,2,8-12H2,1H3. The van der Waals surface area contributed by atoms with E-state index >= 15 is 0 Å². The van der Waals surface area contributed by atoms with Gasteiger partial charge in [0.05, 0.1) is 19.7 Å². The predicted molar refractivity (Wildman–Crippen MR) is 74.9 cm³/mol. The average molecular weight is 262 g/mol. The van der Waals surface area contributed by atoms with Gasteiger partial charge >= 0.3 is 0 Å². The normalized spacial score (nSPS) is 19.4. The third-order valence-corrected chi connectivity index (χ3v) is 3.29. The highest BCUT2D eigenvalue weighted by molar-refractivity contribution is 5.78. The van der Waals surface area contributed by atoms with Crippen LogP contribution in [-0.2, 0) is 9.53 Å². The highest BCUT2D eigenvalue weighted by Gasteiger charge is 2.24. The van der Waals surface area contributed by atoms with Gasteiger partial charge in [-0.2, -0.15) is 0 Å². The Morgan fingerprint density at radius 1 is 1.42 bits per heavy atom. The number of amides is 1. The van der Waals surface area contributed by atoms with Crippen molar-refractivity contribution in [3.8, 4) is 0 Å². The summed E-state index contributed by atoms with van der Waals surface area (Å²) in [5.74, 6) is 0.165. The third-order valence-electron chi connectivity index (χ3n) is 3.29. The molecule has 4 nitrogen and oxygen atoms in total. The zero-order valence-corrected chi connectivity index (χ0v) is 11.5. The van der Waals surface area contributed by atoms with Gasteiger partial charge in [0.2, 0.25) is 5.91 Å². The van der Waals surface area contributed by atoms with Crippen molar-refractivity contribution in [3.05, 3.63) is 35.9 Å². The van der Waals surface area contributed by atoms with E-state index in [9.17, 15) is 4.79 Å². The van der Waals surface area contributed by atoms with Crippen LogP contribution in [0.1, 0.15) is 25.0 Å². The van der Waals surface area contributed by atoms with Crippen molar-refractivity contribution < 1.29 is 9.53 Å². The maximum atomic E-state index is 12.1. The minimum atomic E-state index is 0.00470. The summed E-state index contributed by atoms with van der Waals surface area (Å²) in [7, 11) is 0. The van der Waals surface area contributed by atoms with Gasteiger partial charge in [-0.05, 0) is 18.5 Å². The van der Waals surface area contributed by atoms with E-state index in [1.165, 1.54) is 0 Å². The van der Waals surface area contributed by atoms with Crippen LogP contribution in [0.2, 0.25) is 0 Å². The highest BCUT2D eigenvalue weighted by atomic mass is 16.5. The van der Waals surface area contributed by atoms with E-state index in [-0.39, 0.29) is 12.0 Å². The largest absolute Gasteiger partial charge is 0.370 e. The van der Waals surface area contributed by atoms with Gasteiger partial charge in [0, 0.05) is 6.54 Å². The van der Waals surface area contributed by atoms with Crippen LogP contribution in [0.15, 0.2) is 30.3 Å². The Kier molecular flexibility index (Phi) is 5.36. The van der Waals surface area contributed by atoms with E-state index < -0.39 is 0 Å². The number of hydrogen-bond donors (Lipinski definition) is 1. The van der Waals surface area contributed by atoms with Crippen LogP contribution in [0.4, 0.5) is 0 Å². The summed E-state index contributed by atoms with van der Waals surface area (Å²) >= 11 is 0. The lowest BCUT2D eigenvalue weighted by Gasteiger charge is -2.33. The second-order valence-corrected chi connectivity index (χ2v) is 4.79. The number of ether oxygens (including phenoxy) is 1. The average Bonchev–Trinajstić information content (AvgIpc) is 2.48. The van der Waals surface area contributed by atoms with Crippen LogP contribution in [0.25, 0.3) is 0 Å². The van der Waals surface area contributed by atoms with Crippen LogP contribution in [0.3, 0.4) is 0 Å². The van der Waals surface area contributed by atoms with E-state index in [4.69, 9.17) is 4.74 Å². The molecular weight excluding hydrogens is 240 g/mol. The molecule has 1 fully saturated rings. The Morgan fingerprint density at radius 2 is 2.21 bits per heavy atom. The number of benzene rings is 1. The minimum absolute atomic E-state index is 0.00470. The van der Waals surface area contributed by atoms with Gasteiger partial charge < -0.3 is 15.0 Å². The zero-order chi connectivity index (χ0) is 13.5. The first kappa shape index (κ1) is 14.0. The Labute approximate surface area is 114 Å². The van der Waals surface area contributed by atoms with Crippen LogP contribution >= 0.6 is 0 Å². The minimum Gasteiger partial charge on any atom is -0.370 e. The van der Waals surface area contributed by atoms with Gasteiger partial charge in [0.25, 0.3) is 0 Å². The van der Waals surface area contributed by atoms with E-state index in [0.29, 0.717) is 26.2 Å². The number of nitrogens with one attached hydrogen (secondary N) is 1. The topological polar surface area (TPSA) is 41.6 Å². The SMILES string of the molecule is CCCNCC(=O)N1CCOC(c2ccccc2)C1. The molecule has 0 radical (unpaired) electrons. The molecule has 104 valence electrons. The number of carbonyl (C=O) groups excluding carboxylic acids is 1. The van der Waals surface area contributed by atoms with Crippen LogP contribution in [0.5, 0.6) is 0 Å². The fraction of sp³-hybridized carbons (Fsp3) is 0.533. The molecule has 1 N–H and O–H groups in total. The molecule has 0 spiro atoms. The first-order valence-corrected chi connectivity index (χ1v) is 6.96. The number of carbonyl (C=O) groups is 1. The lowest BCUT2D eigenvalue weighted by Crippen LogP contribution is -2.45. The maximum absolute atomic E-state index is 12.1. The zero-order valence-electron chi connectivity index (χ0n) is 11.5. The summed E-state index contributed by atoms with van der Waals surface area (Å²) < 4.78 is 5.76. The van der Waals surface area contributed by atoms with Crippen LogP contribution in [-0.4, -0.2) is 43.6 Å². The molecule has 19 heavy (non-hydrogen) atoms. The highest BCUT2D eigenvalue weighted by Crippen LogP contribution is 2.21. The van der Waals surface area contributed by atoms with E-state index in [0.717, 1.165) is 18.5 Å². The van der Waals surface area contributed by atoms with Crippen molar-refractivity contribution in [2.24, 2.45) is 0 Å². The molecule has 0 bridgehead atoms. The Balaban J connectivity index is 1.88. The summed E-state index contributed by atoms with van der Waals surface area (Å²) in [4.78, 5) is 14.0. The van der Waals surface area contributed by atoms with Crippen LogP contribution < -0.4 is 5.32 Å². The first-order valence-electron chi connectivity index (χ1n) is 6.96. The molecule has 0 aromatic heterocycles. The van der Waals surface area contributed by atoms with Crippen molar-refractivity contribution in [3.63, 3.8) is 0 Å². The Hall–Kier alpha value is -1.39. The number of hydrogen-bond acceptors (Lipinski definition) is 3. The van der Waals surface area contributed by atoms with E-state index in [2.05, 4.69) is 12.2 Å². The van der Waals surface area contributed by atoms with Gasteiger partial charge in [-0.3, -0.25) is 4.79 Å². The van der Waals surface area contributed by atoms with Crippen molar-refractivity contribution in [2.75, 3.05) is 32.8 Å². The second-order valence-electron chi connectivity index (χ2n) is 4.79. The summed E-state index contributed by atoms with van der Waals surface area (Å²) in [5.41, 5.74) is 1.14. The Morgan fingerprint density at radius 3 is 2.95 bits per heavy atom. The monoisotopic (exact) mass is 262 g/mol. The fourth-order valence-corrected chi connectivity index (χ4v) is 2.23. The summed E-state index contributed by atoms with van der Waals surface area (Å²) in [6.45, 7) is 5.36. The van der Waals surface area contributed by atoms with Gasteiger partial charge in [-0.15, -0.1) is 0 Å². The molecule has 4 heteroatoms. The lowest BCUT2D eigenvalue weighted by molar-refractivity contribution is -0.138.